The molecule has 0 saturated carbocycles. The van der Waals surface area contributed by atoms with Crippen molar-refractivity contribution in [2.75, 3.05) is 0 Å². The van der Waals surface area contributed by atoms with Crippen molar-refractivity contribution in [1.29, 1.82) is 0 Å². The van der Waals surface area contributed by atoms with Crippen LogP contribution in [0.3, 0.4) is 0 Å². The SMILES string of the molecule is CCCCCCc1ccc(-c2ccc(-c3ccc(-c4cc5c(s4)-c4sc(-c6ccc(-c7ccc(-c8ccc(CCCCCC)s8)s7)c7nsnc67)cc4[Si]5(CC(CC)CCCCCC)CC(CC)CCCCCC)c4nsnc34)s2)s1. The fraction of sp³-hybridized carbons (Fsp3) is 0.471. The van der Waals surface area contributed by atoms with E-state index in [2.05, 4.69) is 149 Å². The van der Waals surface area contributed by atoms with Gasteiger partial charge in [0.15, 0.2) is 0 Å². The van der Waals surface area contributed by atoms with Crippen LogP contribution in [-0.4, -0.2) is 25.6 Å². The first-order valence-electron chi connectivity index (χ1n) is 31.0. The third-order valence-corrected chi connectivity index (χ3v) is 31.8. The van der Waals surface area contributed by atoms with Crippen molar-refractivity contribution >= 4 is 132 Å². The first-order chi connectivity index (χ1) is 39.9. The van der Waals surface area contributed by atoms with Gasteiger partial charge in [0.2, 0.25) is 0 Å². The summed E-state index contributed by atoms with van der Waals surface area (Å²) in [6.07, 6.45) is 28.6. The van der Waals surface area contributed by atoms with Crippen LogP contribution < -0.4 is 10.4 Å². The van der Waals surface area contributed by atoms with Gasteiger partial charge in [-0.1, -0.05) is 181 Å². The molecular formula is C68H82N4S8Si. The highest BCUT2D eigenvalue weighted by Crippen LogP contribution is 2.52. The molecular weight excluding hydrogens is 1160 g/mol. The zero-order valence-corrected chi connectivity index (χ0v) is 56.3. The topological polar surface area (TPSA) is 51.6 Å². The predicted octanol–water partition coefficient (Wildman–Crippen LogP) is 23.8. The minimum absolute atomic E-state index is 0.712. The summed E-state index contributed by atoms with van der Waals surface area (Å²) >= 11 is 14.6. The van der Waals surface area contributed by atoms with Gasteiger partial charge < -0.3 is 0 Å². The number of unbranched alkanes of at least 4 members (excludes halogenated alkanes) is 12. The number of nitrogens with zero attached hydrogens (tertiary/aromatic N) is 4. The van der Waals surface area contributed by atoms with Crippen LogP contribution in [0.1, 0.15) is 180 Å². The van der Waals surface area contributed by atoms with Gasteiger partial charge in [0.1, 0.15) is 30.1 Å². The lowest BCUT2D eigenvalue weighted by Crippen LogP contribution is -2.56. The van der Waals surface area contributed by atoms with E-state index in [0.717, 1.165) is 22.1 Å². The van der Waals surface area contributed by atoms with Crippen molar-refractivity contribution in [3.8, 4) is 71.0 Å². The van der Waals surface area contributed by atoms with Crippen LogP contribution in [0, 0.1) is 11.8 Å². The monoisotopic (exact) mass is 1240 g/mol. The zero-order valence-electron chi connectivity index (χ0n) is 48.8. The highest BCUT2D eigenvalue weighted by Gasteiger charge is 2.50. The summed E-state index contributed by atoms with van der Waals surface area (Å²) in [6, 6.07) is 36.3. The van der Waals surface area contributed by atoms with Crippen LogP contribution in [0.5, 0.6) is 0 Å². The number of thiophene rings is 6. The first kappa shape index (κ1) is 59.2. The van der Waals surface area contributed by atoms with Gasteiger partial charge in [-0.3, -0.25) is 0 Å². The number of hydrogen-bond donors (Lipinski definition) is 0. The molecule has 2 aromatic carbocycles. The molecule has 0 N–H and O–H groups in total. The predicted molar refractivity (Wildman–Crippen MR) is 369 cm³/mol. The molecule has 13 heteroatoms. The molecule has 1 aliphatic rings. The van der Waals surface area contributed by atoms with Crippen LogP contribution >= 0.6 is 91.5 Å². The molecule has 81 heavy (non-hydrogen) atoms. The highest BCUT2D eigenvalue weighted by molar-refractivity contribution is 7.32. The normalized spacial score (nSPS) is 13.8. The Bertz CT molecular complexity index is 3380. The molecule has 0 bridgehead atoms. The van der Waals surface area contributed by atoms with E-state index >= 15 is 0 Å². The molecule has 4 nitrogen and oxygen atoms in total. The van der Waals surface area contributed by atoms with Crippen molar-refractivity contribution in [3.63, 3.8) is 0 Å². The Kier molecular flexibility index (Phi) is 20.6. The molecule has 426 valence electrons. The maximum absolute atomic E-state index is 5.15. The maximum atomic E-state index is 5.15. The third kappa shape index (κ3) is 13.0. The Morgan fingerprint density at radius 1 is 0.346 bits per heavy atom. The largest absolute Gasteiger partial charge is 0.172 e. The van der Waals surface area contributed by atoms with Crippen molar-refractivity contribution in [2.45, 2.75) is 195 Å². The van der Waals surface area contributed by atoms with E-state index in [-0.39, 0.29) is 0 Å². The summed E-state index contributed by atoms with van der Waals surface area (Å²) in [4.78, 5) is 16.8. The van der Waals surface area contributed by atoms with E-state index < -0.39 is 8.07 Å². The van der Waals surface area contributed by atoms with Crippen LogP contribution in [0.4, 0.5) is 0 Å². The Morgan fingerprint density at radius 2 is 0.691 bits per heavy atom. The van der Waals surface area contributed by atoms with Crippen molar-refractivity contribution in [2.24, 2.45) is 11.8 Å². The lowest BCUT2D eigenvalue weighted by molar-refractivity contribution is 0.457. The number of benzene rings is 2. The van der Waals surface area contributed by atoms with Gasteiger partial charge in [0, 0.05) is 80.8 Å². The van der Waals surface area contributed by atoms with E-state index in [1.807, 2.05) is 45.3 Å². The van der Waals surface area contributed by atoms with Crippen molar-refractivity contribution in [3.05, 3.63) is 94.7 Å². The fourth-order valence-electron chi connectivity index (χ4n) is 12.9. The van der Waals surface area contributed by atoms with E-state index in [4.69, 9.17) is 17.5 Å². The molecule has 0 spiro atoms. The minimum atomic E-state index is -2.35. The smallest absolute Gasteiger partial charge is 0.122 e. The minimum Gasteiger partial charge on any atom is -0.172 e. The quantitative estimate of drug-likeness (QED) is 0.0311. The number of aromatic nitrogens is 4. The van der Waals surface area contributed by atoms with E-state index in [9.17, 15) is 0 Å². The van der Waals surface area contributed by atoms with Gasteiger partial charge in [-0.05, 0) is 121 Å². The average Bonchev–Trinajstić information content (AvgIpc) is 4.50. The fourth-order valence-corrected chi connectivity index (χ4v) is 28.8. The standard InChI is InChI=1S/C68H82N4S8Si/c1-7-13-17-21-25-45(11-5)43-81(44-46(12-6)26-22-18-14-8-2)61-41-59(51-33-31-49(63-65(51)71-79-69-63)53-37-39-57(75-53)55-35-29-47(73-55)27-23-19-15-9-3)77-67(61)68-62(81)42-60(78-68)52-34-32-50(64-66(52)72-80-70-64)54-38-40-58(76-54)56-36-30-48(74-56)28-24-20-16-10-4/h29-42,45-46H,7-28,43-44H2,1-6H3. The lowest BCUT2D eigenvalue weighted by atomic mass is 10.00. The van der Waals surface area contributed by atoms with Crippen molar-refractivity contribution < 1.29 is 0 Å². The molecule has 0 aliphatic carbocycles. The van der Waals surface area contributed by atoms with E-state index in [1.54, 1.807) is 20.1 Å². The van der Waals surface area contributed by atoms with Gasteiger partial charge >= 0.3 is 0 Å². The highest BCUT2D eigenvalue weighted by atomic mass is 32.1. The molecule has 8 aromatic heterocycles. The second-order valence-corrected chi connectivity index (χ2v) is 34.9. The summed E-state index contributed by atoms with van der Waals surface area (Å²) in [6.45, 7) is 14.3. The number of hydrogen-bond acceptors (Lipinski definition) is 12. The van der Waals surface area contributed by atoms with E-state index in [1.165, 1.54) is 248 Å². The van der Waals surface area contributed by atoms with Crippen LogP contribution in [0.2, 0.25) is 12.1 Å². The Balaban J connectivity index is 0.970. The first-order valence-corrected chi connectivity index (χ1v) is 39.8. The molecule has 1 aliphatic heterocycles. The number of rotatable bonds is 32. The summed E-state index contributed by atoms with van der Waals surface area (Å²) in [5.41, 5.74) is 9.08. The molecule has 2 atom stereocenters. The Labute approximate surface area is 517 Å². The third-order valence-electron chi connectivity index (χ3n) is 17.5. The van der Waals surface area contributed by atoms with Crippen molar-refractivity contribution in [1.82, 2.24) is 17.5 Å². The van der Waals surface area contributed by atoms with Crippen LogP contribution in [-0.2, 0) is 12.8 Å². The average molecular weight is 1240 g/mol. The Morgan fingerprint density at radius 3 is 1.07 bits per heavy atom. The van der Waals surface area contributed by atoms with Gasteiger partial charge in [-0.15, -0.1) is 68.0 Å². The second kappa shape index (κ2) is 28.1. The second-order valence-electron chi connectivity index (χ2n) is 23.2. The zero-order chi connectivity index (χ0) is 55.7. The maximum Gasteiger partial charge on any atom is 0.122 e. The summed E-state index contributed by atoms with van der Waals surface area (Å²) < 4.78 is 20.5. The molecule has 0 fully saturated rings. The van der Waals surface area contributed by atoms with E-state index in [0.29, 0.717) is 11.8 Å². The van der Waals surface area contributed by atoms with Crippen LogP contribution in [0.15, 0.2) is 84.9 Å². The molecule has 9 heterocycles. The summed E-state index contributed by atoms with van der Waals surface area (Å²) in [5, 5.41) is 3.44. The molecule has 0 saturated heterocycles. The summed E-state index contributed by atoms with van der Waals surface area (Å²) in [7, 11) is -2.35. The molecule has 0 amide bonds. The van der Waals surface area contributed by atoms with Crippen LogP contribution in [0.25, 0.3) is 93.1 Å². The molecule has 2 unspecified atom stereocenters. The van der Waals surface area contributed by atoms with Gasteiger partial charge in [0.05, 0.1) is 23.5 Å². The van der Waals surface area contributed by atoms with Gasteiger partial charge in [0.25, 0.3) is 0 Å². The Hall–Kier alpha value is -3.50. The number of fused-ring (bicyclic) bond motifs is 5. The molecule has 10 aromatic rings. The lowest BCUT2D eigenvalue weighted by Gasteiger charge is -2.35. The van der Waals surface area contributed by atoms with Gasteiger partial charge in [-0.25, -0.2) is 0 Å². The molecule has 11 rings (SSSR count). The number of aryl methyl sites for hydroxylation is 2. The molecule has 0 radical (unpaired) electrons. The summed E-state index contributed by atoms with van der Waals surface area (Å²) in [5.74, 6) is 1.42. The van der Waals surface area contributed by atoms with Gasteiger partial charge in [-0.2, -0.15) is 17.5 Å².